The fraction of sp³-hybridized carbons (Fsp3) is 0.519. The number of piperazine rings is 1. The van der Waals surface area contributed by atoms with Crippen LogP contribution in [-0.4, -0.2) is 59.0 Å². The van der Waals surface area contributed by atoms with Gasteiger partial charge >= 0.3 is 18.4 Å². The average molecular weight is 592 g/mol. The summed E-state index contributed by atoms with van der Waals surface area (Å²) in [5, 5.41) is 12.0. The molecule has 14 heteroatoms. The van der Waals surface area contributed by atoms with Crippen LogP contribution in [-0.2, 0) is 21.7 Å². The molecule has 0 aromatic heterocycles. The van der Waals surface area contributed by atoms with Crippen molar-refractivity contribution in [3.05, 3.63) is 69.8 Å². The van der Waals surface area contributed by atoms with E-state index in [0.717, 1.165) is 6.07 Å². The largest absolute Gasteiger partial charge is 0.444 e. The molecule has 226 valence electrons. The van der Waals surface area contributed by atoms with Crippen molar-refractivity contribution in [3.63, 3.8) is 0 Å². The molecule has 1 aliphatic heterocycles. The fourth-order valence-corrected chi connectivity index (χ4v) is 4.67. The van der Waals surface area contributed by atoms with Crippen molar-refractivity contribution in [2.45, 2.75) is 76.9 Å². The zero-order chi connectivity index (χ0) is 31.0. The Morgan fingerprint density at radius 1 is 0.951 bits per heavy atom. The minimum atomic E-state index is -6.02. The third kappa shape index (κ3) is 6.68. The number of halogens is 6. The van der Waals surface area contributed by atoms with Crippen molar-refractivity contribution in [2.24, 2.45) is 0 Å². The Labute approximate surface area is 233 Å². The highest BCUT2D eigenvalue weighted by Gasteiger charge is 2.73. The fourth-order valence-electron chi connectivity index (χ4n) is 4.67. The summed E-state index contributed by atoms with van der Waals surface area (Å²) < 4.78 is 96.0. The quantitative estimate of drug-likeness (QED) is 0.205. The molecule has 2 aromatic carbocycles. The first-order valence-corrected chi connectivity index (χ1v) is 12.6. The number of rotatable bonds is 6. The molecular weight excluding hydrogens is 560 g/mol. The van der Waals surface area contributed by atoms with Crippen LogP contribution in [0.15, 0.2) is 48.5 Å². The van der Waals surface area contributed by atoms with Crippen LogP contribution in [0.1, 0.15) is 45.7 Å². The molecule has 0 saturated carbocycles. The maximum absolute atomic E-state index is 14.3. The molecule has 1 aliphatic rings. The number of amides is 1. The molecule has 0 N–H and O–H groups in total. The minimum Gasteiger partial charge on any atom is -0.444 e. The maximum Gasteiger partial charge on any atom is 0.430 e. The minimum absolute atomic E-state index is 0.00872. The van der Waals surface area contributed by atoms with E-state index in [0.29, 0.717) is 6.07 Å². The van der Waals surface area contributed by atoms with Gasteiger partial charge in [0.2, 0.25) is 0 Å². The maximum atomic E-state index is 14.3. The third-order valence-electron chi connectivity index (χ3n) is 6.60. The molecule has 2 aromatic rings. The Bertz CT molecular complexity index is 1230. The summed E-state index contributed by atoms with van der Waals surface area (Å²) >= 11 is 0. The van der Waals surface area contributed by atoms with Gasteiger partial charge in [-0.05, 0) is 46.2 Å². The smallest absolute Gasteiger partial charge is 0.430 e. The second kappa shape index (κ2) is 11.4. The van der Waals surface area contributed by atoms with Gasteiger partial charge in [-0.1, -0.05) is 36.4 Å². The summed E-state index contributed by atoms with van der Waals surface area (Å²) in [6.07, 6.45) is -12.6. The van der Waals surface area contributed by atoms with Crippen LogP contribution in [0, 0.1) is 10.1 Å². The number of nitro benzene ring substituents is 1. The second-order valence-corrected chi connectivity index (χ2v) is 10.9. The van der Waals surface area contributed by atoms with Gasteiger partial charge in [-0.3, -0.25) is 10.1 Å². The van der Waals surface area contributed by atoms with Gasteiger partial charge in [-0.2, -0.15) is 26.3 Å². The predicted molar refractivity (Wildman–Crippen MR) is 137 cm³/mol. The molecule has 41 heavy (non-hydrogen) atoms. The first kappa shape index (κ1) is 32.0. The van der Waals surface area contributed by atoms with Crippen molar-refractivity contribution >= 4 is 17.5 Å². The first-order chi connectivity index (χ1) is 18.8. The van der Waals surface area contributed by atoms with Gasteiger partial charge in [0.25, 0.3) is 11.3 Å². The first-order valence-electron chi connectivity index (χ1n) is 12.6. The predicted octanol–water partition coefficient (Wildman–Crippen LogP) is 6.97. The van der Waals surface area contributed by atoms with Crippen LogP contribution >= 0.6 is 0 Å². The van der Waals surface area contributed by atoms with Crippen LogP contribution in [0.25, 0.3) is 0 Å². The van der Waals surface area contributed by atoms with E-state index >= 15 is 0 Å². The topological polar surface area (TPSA) is 85.2 Å². The van der Waals surface area contributed by atoms with E-state index in [1.54, 1.807) is 34.6 Å². The molecule has 1 fully saturated rings. The monoisotopic (exact) mass is 591 g/mol. The van der Waals surface area contributed by atoms with E-state index in [2.05, 4.69) is 4.74 Å². The molecule has 8 nitrogen and oxygen atoms in total. The number of benzene rings is 2. The van der Waals surface area contributed by atoms with Gasteiger partial charge in [0.1, 0.15) is 11.3 Å². The van der Waals surface area contributed by atoms with E-state index in [4.69, 9.17) is 4.74 Å². The molecule has 2 atom stereocenters. The lowest BCUT2D eigenvalue weighted by atomic mass is 9.90. The van der Waals surface area contributed by atoms with Crippen molar-refractivity contribution in [1.82, 2.24) is 4.90 Å². The second-order valence-electron chi connectivity index (χ2n) is 10.9. The van der Waals surface area contributed by atoms with Gasteiger partial charge in [-0.15, -0.1) is 0 Å². The molecule has 0 bridgehead atoms. The Morgan fingerprint density at radius 2 is 1.54 bits per heavy atom. The number of hydrogen-bond acceptors (Lipinski definition) is 6. The van der Waals surface area contributed by atoms with Crippen LogP contribution in [0.2, 0.25) is 0 Å². The Hall–Kier alpha value is -3.55. The summed E-state index contributed by atoms with van der Waals surface area (Å²) in [5.41, 5.74) is -8.21. The van der Waals surface area contributed by atoms with E-state index < -0.39 is 64.5 Å². The number of carbonyl (C=O) groups excluding carboxylic acids is 1. The van der Waals surface area contributed by atoms with Crippen LogP contribution in [0.3, 0.4) is 0 Å². The standard InChI is InChI=1S/C27H31F6N3O5/c1-17-15-35(23(37)41-24(3,4)5)18(2)14-34(17)21-12-11-20(13-22(21)36(38)39)25(26(28,29)30,27(31,32)33)40-16-19-9-7-6-8-10-19/h6-13,17-18H,14-16H2,1-5H3/t17-,18+/m1/s1. The van der Waals surface area contributed by atoms with Crippen molar-refractivity contribution in [3.8, 4) is 0 Å². The lowest BCUT2D eigenvalue weighted by Gasteiger charge is -2.45. The molecule has 1 amide bonds. The zero-order valence-corrected chi connectivity index (χ0v) is 23.0. The van der Waals surface area contributed by atoms with E-state index in [-0.39, 0.29) is 30.4 Å². The highest BCUT2D eigenvalue weighted by Crippen LogP contribution is 2.54. The molecule has 1 heterocycles. The van der Waals surface area contributed by atoms with Crippen molar-refractivity contribution in [2.75, 3.05) is 18.0 Å². The van der Waals surface area contributed by atoms with Crippen LogP contribution in [0.5, 0.6) is 0 Å². The Morgan fingerprint density at radius 3 is 2.05 bits per heavy atom. The van der Waals surface area contributed by atoms with E-state index in [1.807, 2.05) is 0 Å². The van der Waals surface area contributed by atoms with Gasteiger partial charge in [0, 0.05) is 36.8 Å². The van der Waals surface area contributed by atoms with E-state index in [1.165, 1.54) is 40.1 Å². The molecule has 0 aliphatic carbocycles. The van der Waals surface area contributed by atoms with E-state index in [9.17, 15) is 41.3 Å². The van der Waals surface area contributed by atoms with Gasteiger partial charge in [-0.25, -0.2) is 4.79 Å². The number of hydrogen-bond donors (Lipinski definition) is 0. The number of nitro groups is 1. The summed E-state index contributed by atoms with van der Waals surface area (Å²) in [4.78, 5) is 26.5. The molecule has 1 saturated heterocycles. The van der Waals surface area contributed by atoms with Crippen LogP contribution < -0.4 is 4.90 Å². The summed E-state index contributed by atoms with van der Waals surface area (Å²) in [5.74, 6) is 0. The van der Waals surface area contributed by atoms with Gasteiger partial charge in [0.05, 0.1) is 11.5 Å². The molecular formula is C27H31F6N3O5. The lowest BCUT2D eigenvalue weighted by molar-refractivity contribution is -0.394. The summed E-state index contributed by atoms with van der Waals surface area (Å²) in [7, 11) is 0. The van der Waals surface area contributed by atoms with Crippen molar-refractivity contribution < 1.29 is 45.5 Å². The van der Waals surface area contributed by atoms with Gasteiger partial charge < -0.3 is 19.3 Å². The number of anilines is 1. The number of alkyl halides is 6. The van der Waals surface area contributed by atoms with Gasteiger partial charge in [0.15, 0.2) is 0 Å². The molecule has 0 radical (unpaired) electrons. The van der Waals surface area contributed by atoms with Crippen molar-refractivity contribution in [1.29, 1.82) is 0 Å². The number of nitrogens with zero attached hydrogens (tertiary/aromatic N) is 3. The molecule has 0 spiro atoms. The highest BCUT2D eigenvalue weighted by molar-refractivity contribution is 5.71. The Kier molecular flexibility index (Phi) is 8.87. The molecule has 3 rings (SSSR count). The zero-order valence-electron chi connectivity index (χ0n) is 23.0. The Balaban J connectivity index is 2.05. The number of carbonyl (C=O) groups is 1. The SMILES string of the molecule is C[C@@H]1CN(C(=O)OC(C)(C)C)[C@@H](C)CN1c1ccc(C(OCc2ccccc2)(C(F)(F)F)C(F)(F)F)cc1[N+](=O)[O-]. The summed E-state index contributed by atoms with van der Waals surface area (Å²) in [6.45, 7) is 7.33. The van der Waals surface area contributed by atoms with Crippen LogP contribution in [0.4, 0.5) is 42.5 Å². The highest BCUT2D eigenvalue weighted by atomic mass is 19.4. The lowest BCUT2D eigenvalue weighted by Crippen LogP contribution is -2.59. The summed E-state index contributed by atoms with van der Waals surface area (Å²) in [6, 6.07) is 7.50. The normalized spacial score (nSPS) is 18.8. The average Bonchev–Trinajstić information content (AvgIpc) is 2.83. The third-order valence-corrected chi connectivity index (χ3v) is 6.60. The molecule has 0 unspecified atom stereocenters. The number of ether oxygens (including phenoxy) is 2.